The van der Waals surface area contributed by atoms with E-state index in [1.807, 2.05) is 0 Å². The van der Waals surface area contributed by atoms with Gasteiger partial charge in [0.15, 0.2) is 0 Å². The second-order valence-corrected chi connectivity index (χ2v) is 5.87. The summed E-state index contributed by atoms with van der Waals surface area (Å²) in [6.45, 7) is 4.76. The van der Waals surface area contributed by atoms with Crippen molar-refractivity contribution in [3.8, 4) is 0 Å². The first kappa shape index (κ1) is 11.9. The number of hydrogen-bond donors (Lipinski definition) is 1. The Morgan fingerprint density at radius 3 is 2.33 bits per heavy atom. The van der Waals surface area contributed by atoms with Gasteiger partial charge in [0.1, 0.15) is 0 Å². The molecule has 98 valence electrons. The smallest absolute Gasteiger partial charge is 0.0367 e. The Hall–Kier alpha value is -1.18. The average molecular weight is 244 g/mol. The molecule has 3 rings (SSSR count). The van der Waals surface area contributed by atoms with Gasteiger partial charge >= 0.3 is 0 Å². The van der Waals surface area contributed by atoms with Crippen LogP contribution in [0.1, 0.15) is 39.0 Å². The lowest BCUT2D eigenvalue weighted by molar-refractivity contribution is 0.578. The van der Waals surface area contributed by atoms with Gasteiger partial charge in [0.05, 0.1) is 0 Å². The number of hydrogen-bond acceptors (Lipinski definition) is 2. The lowest BCUT2D eigenvalue weighted by Gasteiger charge is -2.29. The zero-order valence-corrected chi connectivity index (χ0v) is 11.4. The highest BCUT2D eigenvalue weighted by Crippen LogP contribution is 2.34. The van der Waals surface area contributed by atoms with Gasteiger partial charge in [0.25, 0.3) is 0 Å². The molecule has 1 aliphatic carbocycles. The summed E-state index contributed by atoms with van der Waals surface area (Å²) in [6, 6.07) is 9.65. The van der Waals surface area contributed by atoms with E-state index in [1.54, 1.807) is 0 Å². The summed E-state index contributed by atoms with van der Waals surface area (Å²) < 4.78 is 0. The summed E-state index contributed by atoms with van der Waals surface area (Å²) in [5.74, 6) is 0.909. The van der Waals surface area contributed by atoms with E-state index in [0.29, 0.717) is 6.04 Å². The molecule has 0 radical (unpaired) electrons. The third kappa shape index (κ3) is 2.80. The lowest BCUT2D eigenvalue weighted by Crippen LogP contribution is -2.29. The molecule has 1 atom stereocenters. The molecule has 1 aromatic rings. The van der Waals surface area contributed by atoms with Crippen LogP contribution in [0, 0.1) is 5.92 Å². The number of anilines is 2. The zero-order valence-electron chi connectivity index (χ0n) is 11.4. The van der Waals surface area contributed by atoms with Gasteiger partial charge < -0.3 is 10.2 Å². The van der Waals surface area contributed by atoms with Crippen molar-refractivity contribution < 1.29 is 0 Å². The summed E-state index contributed by atoms with van der Waals surface area (Å²) in [4.78, 5) is 2.51. The molecule has 0 bridgehead atoms. The summed E-state index contributed by atoms with van der Waals surface area (Å²) in [5.41, 5.74) is 2.66. The van der Waals surface area contributed by atoms with Gasteiger partial charge in [-0.05, 0) is 69.2 Å². The van der Waals surface area contributed by atoms with Crippen molar-refractivity contribution in [3.05, 3.63) is 24.3 Å². The molecule has 1 N–H and O–H groups in total. The van der Waals surface area contributed by atoms with Gasteiger partial charge in [-0.3, -0.25) is 0 Å². The molecule has 0 amide bonds. The minimum atomic E-state index is 0.630. The summed E-state index contributed by atoms with van der Waals surface area (Å²) >= 11 is 0. The molecule has 2 nitrogen and oxygen atoms in total. The van der Waals surface area contributed by atoms with E-state index < -0.39 is 0 Å². The van der Waals surface area contributed by atoms with Crippen molar-refractivity contribution in [2.75, 3.05) is 23.3 Å². The Kier molecular flexibility index (Phi) is 3.44. The Balaban J connectivity index is 1.60. The van der Waals surface area contributed by atoms with Crippen LogP contribution in [0.5, 0.6) is 0 Å². The van der Waals surface area contributed by atoms with E-state index in [2.05, 4.69) is 41.4 Å². The van der Waals surface area contributed by atoms with Gasteiger partial charge in [-0.1, -0.05) is 0 Å². The van der Waals surface area contributed by atoms with E-state index in [9.17, 15) is 0 Å². The van der Waals surface area contributed by atoms with Crippen LogP contribution >= 0.6 is 0 Å². The van der Waals surface area contributed by atoms with Crippen LogP contribution in [0.3, 0.4) is 0 Å². The standard InChI is InChI=1S/C16H24N2/c1-13(14-5-6-14)17-15-7-9-16(10-8-15)18-11-3-2-4-12-18/h7-10,13-14,17H,2-6,11-12H2,1H3. The van der Waals surface area contributed by atoms with Crippen LogP contribution in [-0.4, -0.2) is 19.1 Å². The molecule has 2 fully saturated rings. The average Bonchev–Trinajstić information content (AvgIpc) is 3.25. The molecule has 1 aliphatic heterocycles. The van der Waals surface area contributed by atoms with Crippen LogP contribution in [-0.2, 0) is 0 Å². The Morgan fingerprint density at radius 1 is 1.06 bits per heavy atom. The minimum absolute atomic E-state index is 0.630. The number of piperidine rings is 1. The normalized spacial score (nSPS) is 21.7. The summed E-state index contributed by atoms with van der Waals surface area (Å²) in [6.07, 6.45) is 6.90. The third-order valence-electron chi connectivity index (χ3n) is 4.31. The highest BCUT2D eigenvalue weighted by Gasteiger charge is 2.27. The molecule has 0 aromatic heterocycles. The van der Waals surface area contributed by atoms with Crippen LogP contribution in [0.25, 0.3) is 0 Å². The van der Waals surface area contributed by atoms with Crippen molar-refractivity contribution in [1.29, 1.82) is 0 Å². The molecular formula is C16H24N2. The molecule has 1 saturated heterocycles. The van der Waals surface area contributed by atoms with Gasteiger partial charge in [-0.15, -0.1) is 0 Å². The van der Waals surface area contributed by atoms with Gasteiger partial charge in [0.2, 0.25) is 0 Å². The molecule has 0 spiro atoms. The first-order valence-electron chi connectivity index (χ1n) is 7.44. The summed E-state index contributed by atoms with van der Waals surface area (Å²) in [5, 5.41) is 3.62. The zero-order chi connectivity index (χ0) is 12.4. The Bertz CT molecular complexity index is 375. The minimum Gasteiger partial charge on any atom is -0.382 e. The van der Waals surface area contributed by atoms with E-state index in [0.717, 1.165) is 5.92 Å². The Labute approximate surface area is 110 Å². The predicted octanol–water partition coefficient (Wildman–Crippen LogP) is 3.89. The van der Waals surface area contributed by atoms with Crippen molar-refractivity contribution in [2.45, 2.75) is 45.1 Å². The number of benzene rings is 1. The first-order valence-corrected chi connectivity index (χ1v) is 7.44. The molecular weight excluding hydrogens is 220 g/mol. The first-order chi connectivity index (χ1) is 8.83. The van der Waals surface area contributed by atoms with Crippen molar-refractivity contribution in [1.82, 2.24) is 0 Å². The molecule has 18 heavy (non-hydrogen) atoms. The van der Waals surface area contributed by atoms with Crippen LogP contribution < -0.4 is 10.2 Å². The molecule has 1 aromatic carbocycles. The van der Waals surface area contributed by atoms with Crippen molar-refractivity contribution >= 4 is 11.4 Å². The van der Waals surface area contributed by atoms with Gasteiger partial charge in [0, 0.05) is 30.5 Å². The number of nitrogens with one attached hydrogen (secondary N) is 1. The van der Waals surface area contributed by atoms with E-state index in [-0.39, 0.29) is 0 Å². The van der Waals surface area contributed by atoms with Crippen LogP contribution in [0.15, 0.2) is 24.3 Å². The molecule has 2 aliphatic rings. The number of nitrogens with zero attached hydrogens (tertiary/aromatic N) is 1. The fraction of sp³-hybridized carbons (Fsp3) is 0.625. The van der Waals surface area contributed by atoms with E-state index >= 15 is 0 Å². The fourth-order valence-electron chi connectivity index (χ4n) is 2.90. The van der Waals surface area contributed by atoms with Crippen LogP contribution in [0.4, 0.5) is 11.4 Å². The lowest BCUT2D eigenvalue weighted by atomic mass is 10.1. The maximum atomic E-state index is 3.62. The monoisotopic (exact) mass is 244 g/mol. The highest BCUT2D eigenvalue weighted by atomic mass is 15.1. The largest absolute Gasteiger partial charge is 0.382 e. The fourth-order valence-corrected chi connectivity index (χ4v) is 2.90. The second kappa shape index (κ2) is 5.21. The summed E-state index contributed by atoms with van der Waals surface area (Å²) in [7, 11) is 0. The van der Waals surface area contributed by atoms with E-state index in [4.69, 9.17) is 0 Å². The quantitative estimate of drug-likeness (QED) is 0.864. The topological polar surface area (TPSA) is 15.3 Å². The highest BCUT2D eigenvalue weighted by molar-refractivity contribution is 5.55. The number of rotatable bonds is 4. The predicted molar refractivity (Wildman–Crippen MR) is 78.3 cm³/mol. The third-order valence-corrected chi connectivity index (χ3v) is 4.31. The van der Waals surface area contributed by atoms with Gasteiger partial charge in [-0.25, -0.2) is 0 Å². The molecule has 2 heteroatoms. The molecule has 1 unspecified atom stereocenters. The molecule has 1 saturated carbocycles. The SMILES string of the molecule is CC(Nc1ccc(N2CCCCC2)cc1)C1CC1. The Morgan fingerprint density at radius 2 is 1.72 bits per heavy atom. The van der Waals surface area contributed by atoms with Gasteiger partial charge in [-0.2, -0.15) is 0 Å². The maximum Gasteiger partial charge on any atom is 0.0367 e. The second-order valence-electron chi connectivity index (χ2n) is 5.87. The maximum absolute atomic E-state index is 3.62. The van der Waals surface area contributed by atoms with Crippen molar-refractivity contribution in [3.63, 3.8) is 0 Å². The molecule has 1 heterocycles. The van der Waals surface area contributed by atoms with Crippen molar-refractivity contribution in [2.24, 2.45) is 5.92 Å². The van der Waals surface area contributed by atoms with Crippen LogP contribution in [0.2, 0.25) is 0 Å². The van der Waals surface area contributed by atoms with E-state index in [1.165, 1.54) is 56.6 Å².